The normalized spacial score (nSPS) is 15.9. The van der Waals surface area contributed by atoms with E-state index >= 15 is 0 Å². The van der Waals surface area contributed by atoms with Gasteiger partial charge in [0.1, 0.15) is 0 Å². The van der Waals surface area contributed by atoms with Gasteiger partial charge in [0.2, 0.25) is 0 Å². The van der Waals surface area contributed by atoms with Crippen LogP contribution in [0.2, 0.25) is 5.76 Å². The fourth-order valence-electron chi connectivity index (χ4n) is 7.70. The fourth-order valence-corrected chi connectivity index (χ4v) is 17.8. The molecule has 2 heterocycles. The molecule has 0 bridgehead atoms. The van der Waals surface area contributed by atoms with Crippen molar-refractivity contribution in [2.24, 2.45) is 4.99 Å². The molecule has 0 saturated carbocycles. The molecular weight excluding hydrogens is 631 g/mol. The molecule has 0 spiro atoms. The molecule has 0 fully saturated rings. The summed E-state index contributed by atoms with van der Waals surface area (Å²) in [6.07, 6.45) is 0. The van der Waals surface area contributed by atoms with Gasteiger partial charge in [-0.1, -0.05) is 0 Å². The molecule has 2 nitrogen and oxygen atoms in total. The van der Waals surface area contributed by atoms with Crippen LogP contribution in [-0.4, -0.2) is 17.8 Å². The first kappa shape index (κ1) is 29.7. The number of nitrogens with zero attached hydrogens (tertiary/aromatic N) is 1. The Labute approximate surface area is 280 Å². The van der Waals surface area contributed by atoms with E-state index in [1.807, 2.05) is 0 Å². The summed E-state index contributed by atoms with van der Waals surface area (Å²) in [6, 6.07) is 48.5. The summed E-state index contributed by atoms with van der Waals surface area (Å²) < 4.78 is 11.1. The molecule has 0 N–H and O–H groups in total. The minimum atomic E-state index is -3.38. The van der Waals surface area contributed by atoms with E-state index in [1.165, 1.54) is 36.8 Å². The monoisotopic (exact) mass is 671 g/mol. The van der Waals surface area contributed by atoms with Gasteiger partial charge in [0, 0.05) is 0 Å². The van der Waals surface area contributed by atoms with Crippen molar-refractivity contribution in [3.05, 3.63) is 150 Å². The zero-order chi connectivity index (χ0) is 32.3. The predicted molar refractivity (Wildman–Crippen MR) is 203 cm³/mol. The van der Waals surface area contributed by atoms with Crippen LogP contribution in [0.4, 0.5) is 5.69 Å². The van der Waals surface area contributed by atoms with Gasteiger partial charge in [0.15, 0.2) is 0 Å². The van der Waals surface area contributed by atoms with Crippen LogP contribution in [0.3, 0.4) is 0 Å². The average Bonchev–Trinajstić information content (AvgIpc) is 3.63. The topological polar surface area (TPSA) is 25.5 Å². The molecule has 1 aliphatic rings. The Balaban J connectivity index is 1.39. The number of para-hydroxylation sites is 2. The van der Waals surface area contributed by atoms with Crippen molar-refractivity contribution >= 4 is 54.2 Å². The number of hydrogen-bond acceptors (Lipinski definition) is 2. The van der Waals surface area contributed by atoms with Crippen LogP contribution in [0.25, 0.3) is 44.2 Å². The maximum atomic E-state index is 6.87. The van der Waals surface area contributed by atoms with Gasteiger partial charge < -0.3 is 0 Å². The molecule has 47 heavy (non-hydrogen) atoms. The number of rotatable bonds is 6. The van der Waals surface area contributed by atoms with Crippen LogP contribution >= 0.6 is 0 Å². The van der Waals surface area contributed by atoms with Crippen molar-refractivity contribution in [1.82, 2.24) is 0 Å². The maximum absolute atomic E-state index is 6.87. The van der Waals surface area contributed by atoms with E-state index in [4.69, 9.17) is 9.41 Å². The van der Waals surface area contributed by atoms with Gasteiger partial charge in [-0.05, 0) is 0 Å². The number of furan rings is 1. The zero-order valence-electron chi connectivity index (χ0n) is 27.7. The molecule has 8 rings (SSSR count). The van der Waals surface area contributed by atoms with E-state index in [9.17, 15) is 0 Å². The summed E-state index contributed by atoms with van der Waals surface area (Å²) in [5.74, 6) is 3.30. The van der Waals surface area contributed by atoms with Crippen molar-refractivity contribution in [2.45, 2.75) is 45.3 Å². The van der Waals surface area contributed by atoms with Crippen LogP contribution in [0.5, 0.6) is 0 Å². The summed E-state index contributed by atoms with van der Waals surface area (Å²) in [5.41, 5.74) is 11.9. The van der Waals surface area contributed by atoms with E-state index in [0.29, 0.717) is 11.8 Å². The Hall–Kier alpha value is -4.67. The first-order chi connectivity index (χ1) is 22.8. The van der Waals surface area contributed by atoms with E-state index in [-0.39, 0.29) is 0 Å². The van der Waals surface area contributed by atoms with Crippen molar-refractivity contribution in [2.75, 3.05) is 0 Å². The second kappa shape index (κ2) is 11.5. The standard InChI is InChI=1S/C44H39GeNO/c1-28(2)37-25-33(31-17-10-7-11-18-31)26-38(29(3)4)42(37)45(5)39-21-12-13-22-40(39)46-44(45)36-20-14-19-35-34-24-23-32(27-41(34)47-43(35)36)30-15-8-6-9-16-30/h6-29H,1-5H3. The second-order valence-corrected chi connectivity index (χ2v) is 21.6. The molecular formula is C44H39GeNO. The van der Waals surface area contributed by atoms with E-state index in [0.717, 1.165) is 38.8 Å². The summed E-state index contributed by atoms with van der Waals surface area (Å²) >= 11 is -3.38. The molecule has 0 radical (unpaired) electrons. The third-order valence-electron chi connectivity index (χ3n) is 10.1. The third kappa shape index (κ3) is 4.81. The number of fused-ring (bicyclic) bond motifs is 4. The van der Waals surface area contributed by atoms with Crippen molar-refractivity contribution in [3.8, 4) is 22.3 Å². The number of hydrogen-bond donors (Lipinski definition) is 0. The molecule has 1 aliphatic heterocycles. The van der Waals surface area contributed by atoms with Crippen LogP contribution in [0.1, 0.15) is 56.2 Å². The SMILES string of the molecule is CC(C)c1cc(-c2ccccc2)cc(C(C)C)[c]1[Ge]1([CH3])[C](c2cccc3c2oc2cc(-c4ccccc4)ccc23)=Nc2cccc[c]21. The van der Waals surface area contributed by atoms with Crippen LogP contribution < -0.4 is 8.79 Å². The molecule has 0 saturated heterocycles. The van der Waals surface area contributed by atoms with Crippen LogP contribution in [0.15, 0.2) is 143 Å². The average molecular weight is 670 g/mol. The Morgan fingerprint density at radius 1 is 0.553 bits per heavy atom. The molecule has 0 aliphatic carbocycles. The molecule has 7 aromatic rings. The Morgan fingerprint density at radius 3 is 1.83 bits per heavy atom. The molecule has 3 heteroatoms. The quantitative estimate of drug-likeness (QED) is 0.162. The Kier molecular flexibility index (Phi) is 7.30. The van der Waals surface area contributed by atoms with Crippen molar-refractivity contribution < 1.29 is 4.42 Å². The van der Waals surface area contributed by atoms with Crippen LogP contribution in [-0.2, 0) is 0 Å². The van der Waals surface area contributed by atoms with E-state index in [2.05, 4.69) is 167 Å². The first-order valence-electron chi connectivity index (χ1n) is 16.8. The molecule has 0 amide bonds. The van der Waals surface area contributed by atoms with E-state index < -0.39 is 13.3 Å². The Morgan fingerprint density at radius 2 is 1.17 bits per heavy atom. The molecule has 230 valence electrons. The predicted octanol–water partition coefficient (Wildman–Crippen LogP) is 11.0. The molecule has 6 aromatic carbocycles. The van der Waals surface area contributed by atoms with Crippen LogP contribution in [0, 0.1) is 0 Å². The second-order valence-electron chi connectivity index (χ2n) is 13.7. The van der Waals surface area contributed by atoms with Gasteiger partial charge in [-0.3, -0.25) is 0 Å². The minimum absolute atomic E-state index is 0.362. The Bertz CT molecular complexity index is 2280. The van der Waals surface area contributed by atoms with Gasteiger partial charge in [0.25, 0.3) is 0 Å². The summed E-state index contributed by atoms with van der Waals surface area (Å²) in [5, 5.41) is 2.29. The van der Waals surface area contributed by atoms with E-state index in [1.54, 1.807) is 4.40 Å². The summed E-state index contributed by atoms with van der Waals surface area (Å²) in [6.45, 7) is 9.41. The molecule has 1 unspecified atom stereocenters. The van der Waals surface area contributed by atoms with Gasteiger partial charge in [-0.15, -0.1) is 0 Å². The number of benzene rings is 6. The fraction of sp³-hybridized carbons (Fsp3) is 0.159. The van der Waals surface area contributed by atoms with Gasteiger partial charge in [-0.2, -0.15) is 0 Å². The summed E-state index contributed by atoms with van der Waals surface area (Å²) in [7, 11) is 0. The van der Waals surface area contributed by atoms with Crippen molar-refractivity contribution in [3.63, 3.8) is 0 Å². The van der Waals surface area contributed by atoms with Gasteiger partial charge in [-0.25, -0.2) is 0 Å². The first-order valence-corrected chi connectivity index (χ1v) is 22.0. The number of aliphatic imine (C=N–C) groups is 1. The zero-order valence-corrected chi connectivity index (χ0v) is 29.8. The van der Waals surface area contributed by atoms with Gasteiger partial charge in [0.05, 0.1) is 0 Å². The molecule has 1 aromatic heterocycles. The van der Waals surface area contributed by atoms with Gasteiger partial charge >= 0.3 is 281 Å². The van der Waals surface area contributed by atoms with Crippen molar-refractivity contribution in [1.29, 1.82) is 0 Å². The summed E-state index contributed by atoms with van der Waals surface area (Å²) in [4.78, 5) is 5.56. The third-order valence-corrected chi connectivity index (χ3v) is 19.3. The molecule has 1 atom stereocenters.